The van der Waals surface area contributed by atoms with Crippen LogP contribution >= 0.6 is 15.9 Å². The number of carbonyl (C=O) groups is 1. The van der Waals surface area contributed by atoms with E-state index in [0.717, 1.165) is 4.47 Å². The Morgan fingerprint density at radius 3 is 2.18 bits per heavy atom. The second-order valence-electron chi connectivity index (χ2n) is 5.82. The number of carbonyl (C=O) groups excluding carboxylic acids is 1. The summed E-state index contributed by atoms with van der Waals surface area (Å²) >= 11 is 3.25. The van der Waals surface area contributed by atoms with E-state index in [1.165, 1.54) is 12.1 Å². The summed E-state index contributed by atoms with van der Waals surface area (Å²) in [6.07, 6.45) is 0. The van der Waals surface area contributed by atoms with Gasteiger partial charge in [-0.1, -0.05) is 43.6 Å². The van der Waals surface area contributed by atoms with Gasteiger partial charge in [-0.2, -0.15) is 4.72 Å². The van der Waals surface area contributed by atoms with Crippen LogP contribution in [0.4, 0.5) is 0 Å². The van der Waals surface area contributed by atoms with E-state index in [2.05, 4.69) is 20.7 Å². The average Bonchev–Trinajstić information content (AvgIpc) is 2.42. The van der Waals surface area contributed by atoms with Crippen LogP contribution in [0.5, 0.6) is 0 Å². The van der Waals surface area contributed by atoms with Gasteiger partial charge in [-0.25, -0.2) is 8.42 Å². The first-order chi connectivity index (χ1) is 10.1. The molecule has 0 aliphatic rings. The number of halogens is 1. The monoisotopic (exact) mass is 391 g/mol. The van der Waals surface area contributed by atoms with E-state index in [-0.39, 0.29) is 23.3 Å². The Bertz CT molecular complexity index is 596. The molecule has 0 aliphatic carbocycles. The topological polar surface area (TPSA) is 72.5 Å². The Morgan fingerprint density at radius 2 is 1.73 bits per heavy atom. The van der Waals surface area contributed by atoms with Crippen molar-refractivity contribution >= 4 is 31.9 Å². The number of nitrogens with one attached hydrogen (secondary N) is 1. The lowest BCUT2D eigenvalue weighted by Crippen LogP contribution is -2.45. The quantitative estimate of drug-likeness (QED) is 0.725. The lowest BCUT2D eigenvalue weighted by atomic mass is 10.1. The van der Waals surface area contributed by atoms with Crippen LogP contribution in [0, 0.1) is 11.8 Å². The SMILES string of the molecule is CC(C)COC(=O)[C@@H](NS(=O)(=O)c1ccc(Br)cc1)C(C)C. The lowest BCUT2D eigenvalue weighted by molar-refractivity contribution is -0.147. The molecule has 0 unspecified atom stereocenters. The third-order valence-electron chi connectivity index (χ3n) is 2.89. The number of benzene rings is 1. The molecule has 5 nitrogen and oxygen atoms in total. The van der Waals surface area contributed by atoms with Gasteiger partial charge in [0.2, 0.25) is 10.0 Å². The van der Waals surface area contributed by atoms with E-state index < -0.39 is 22.0 Å². The molecular formula is C15H22BrNO4S. The normalized spacial score (nSPS) is 13.4. The molecule has 0 saturated heterocycles. The highest BCUT2D eigenvalue weighted by Gasteiger charge is 2.29. The lowest BCUT2D eigenvalue weighted by Gasteiger charge is -2.21. The third kappa shape index (κ3) is 5.70. The van der Waals surface area contributed by atoms with Crippen LogP contribution in [0.3, 0.4) is 0 Å². The Labute approximate surface area is 140 Å². The van der Waals surface area contributed by atoms with Crippen LogP contribution in [0.2, 0.25) is 0 Å². The summed E-state index contributed by atoms with van der Waals surface area (Å²) in [4.78, 5) is 12.2. The molecule has 1 aromatic carbocycles. The van der Waals surface area contributed by atoms with Gasteiger partial charge in [-0.15, -0.1) is 0 Å². The predicted molar refractivity (Wildman–Crippen MR) is 88.9 cm³/mol. The maximum Gasteiger partial charge on any atom is 0.324 e. The highest BCUT2D eigenvalue weighted by atomic mass is 79.9. The molecule has 0 aromatic heterocycles. The second kappa shape index (κ2) is 8.08. The van der Waals surface area contributed by atoms with Crippen LogP contribution in [-0.4, -0.2) is 27.0 Å². The number of rotatable bonds is 7. The molecule has 0 amide bonds. The molecular weight excluding hydrogens is 370 g/mol. The minimum atomic E-state index is -3.78. The van der Waals surface area contributed by atoms with Gasteiger partial charge in [-0.3, -0.25) is 4.79 Å². The van der Waals surface area contributed by atoms with Crippen molar-refractivity contribution in [1.82, 2.24) is 4.72 Å². The first-order valence-corrected chi connectivity index (χ1v) is 9.35. The molecule has 7 heteroatoms. The van der Waals surface area contributed by atoms with Gasteiger partial charge in [0.05, 0.1) is 11.5 Å². The molecule has 0 radical (unpaired) electrons. The highest BCUT2D eigenvalue weighted by Crippen LogP contribution is 2.16. The molecule has 22 heavy (non-hydrogen) atoms. The summed E-state index contributed by atoms with van der Waals surface area (Å²) < 4.78 is 33.1. The molecule has 124 valence electrons. The molecule has 1 N–H and O–H groups in total. The van der Waals surface area contributed by atoms with Gasteiger partial charge in [0, 0.05) is 4.47 Å². The maximum absolute atomic E-state index is 12.4. The molecule has 1 aromatic rings. The number of sulfonamides is 1. The van der Waals surface area contributed by atoms with Crippen LogP contribution in [0.1, 0.15) is 27.7 Å². The maximum atomic E-state index is 12.4. The molecule has 0 saturated carbocycles. The zero-order valence-corrected chi connectivity index (χ0v) is 15.6. The molecule has 0 bridgehead atoms. The summed E-state index contributed by atoms with van der Waals surface area (Å²) in [6, 6.07) is 5.31. The van der Waals surface area contributed by atoms with Crippen molar-refractivity contribution in [2.45, 2.75) is 38.6 Å². The fourth-order valence-corrected chi connectivity index (χ4v) is 3.24. The van der Waals surface area contributed by atoms with Gasteiger partial charge in [0.1, 0.15) is 6.04 Å². The fraction of sp³-hybridized carbons (Fsp3) is 0.533. The zero-order chi connectivity index (χ0) is 16.9. The van der Waals surface area contributed by atoms with E-state index in [1.54, 1.807) is 26.0 Å². The number of hydrogen-bond donors (Lipinski definition) is 1. The number of esters is 1. The molecule has 0 heterocycles. The van der Waals surface area contributed by atoms with Crippen molar-refractivity contribution in [3.8, 4) is 0 Å². The second-order valence-corrected chi connectivity index (χ2v) is 8.45. The summed E-state index contributed by atoms with van der Waals surface area (Å²) in [6.45, 7) is 7.65. The Hall–Kier alpha value is -0.920. The summed E-state index contributed by atoms with van der Waals surface area (Å²) in [5.41, 5.74) is 0. The number of hydrogen-bond acceptors (Lipinski definition) is 4. The van der Waals surface area contributed by atoms with E-state index in [1.807, 2.05) is 13.8 Å². The van der Waals surface area contributed by atoms with Crippen LogP contribution in [0.25, 0.3) is 0 Å². The molecule has 0 fully saturated rings. The van der Waals surface area contributed by atoms with Crippen LogP contribution < -0.4 is 4.72 Å². The largest absolute Gasteiger partial charge is 0.464 e. The summed E-state index contributed by atoms with van der Waals surface area (Å²) in [7, 11) is -3.78. The van der Waals surface area contributed by atoms with Gasteiger partial charge in [0.15, 0.2) is 0 Å². The van der Waals surface area contributed by atoms with Gasteiger partial charge in [0.25, 0.3) is 0 Å². The Kier molecular flexibility index (Phi) is 7.02. The highest BCUT2D eigenvalue weighted by molar-refractivity contribution is 9.10. The summed E-state index contributed by atoms with van der Waals surface area (Å²) in [5.74, 6) is -0.575. The molecule has 1 atom stereocenters. The Morgan fingerprint density at radius 1 is 1.18 bits per heavy atom. The average molecular weight is 392 g/mol. The van der Waals surface area contributed by atoms with E-state index in [9.17, 15) is 13.2 Å². The smallest absolute Gasteiger partial charge is 0.324 e. The first-order valence-electron chi connectivity index (χ1n) is 7.08. The van der Waals surface area contributed by atoms with Crippen molar-refractivity contribution in [2.75, 3.05) is 6.61 Å². The molecule has 0 spiro atoms. The minimum Gasteiger partial charge on any atom is -0.464 e. The van der Waals surface area contributed by atoms with Gasteiger partial charge in [-0.05, 0) is 36.1 Å². The van der Waals surface area contributed by atoms with E-state index in [4.69, 9.17) is 4.74 Å². The summed E-state index contributed by atoms with van der Waals surface area (Å²) in [5, 5.41) is 0. The van der Waals surface area contributed by atoms with Crippen molar-refractivity contribution in [1.29, 1.82) is 0 Å². The van der Waals surface area contributed by atoms with Crippen LogP contribution in [-0.2, 0) is 19.6 Å². The molecule has 0 aliphatic heterocycles. The standard InChI is InChI=1S/C15H22BrNO4S/c1-10(2)9-21-15(18)14(11(3)4)17-22(19,20)13-7-5-12(16)6-8-13/h5-8,10-11,14,17H,9H2,1-4H3/t14-/m0/s1. The van der Waals surface area contributed by atoms with Crippen molar-refractivity contribution in [3.05, 3.63) is 28.7 Å². The predicted octanol–water partition coefficient (Wildman–Crippen LogP) is 2.95. The van der Waals surface area contributed by atoms with Crippen molar-refractivity contribution in [3.63, 3.8) is 0 Å². The molecule has 1 rings (SSSR count). The van der Waals surface area contributed by atoms with E-state index >= 15 is 0 Å². The van der Waals surface area contributed by atoms with Gasteiger partial charge < -0.3 is 4.74 Å². The van der Waals surface area contributed by atoms with E-state index in [0.29, 0.717) is 0 Å². The Balaban J connectivity index is 2.90. The third-order valence-corrected chi connectivity index (χ3v) is 4.87. The fourth-order valence-electron chi connectivity index (χ4n) is 1.64. The zero-order valence-electron chi connectivity index (χ0n) is 13.2. The van der Waals surface area contributed by atoms with Crippen molar-refractivity contribution < 1.29 is 17.9 Å². The van der Waals surface area contributed by atoms with Crippen LogP contribution in [0.15, 0.2) is 33.6 Å². The number of ether oxygens (including phenoxy) is 1. The first kappa shape index (κ1) is 19.1. The van der Waals surface area contributed by atoms with Gasteiger partial charge >= 0.3 is 5.97 Å². The van der Waals surface area contributed by atoms with Crippen molar-refractivity contribution in [2.24, 2.45) is 11.8 Å². The minimum absolute atomic E-state index is 0.109.